The van der Waals surface area contributed by atoms with E-state index in [0.29, 0.717) is 15.9 Å². The first kappa shape index (κ1) is 10.9. The summed E-state index contributed by atoms with van der Waals surface area (Å²) in [7, 11) is 0. The van der Waals surface area contributed by atoms with Gasteiger partial charge in [-0.25, -0.2) is 4.79 Å². The van der Waals surface area contributed by atoms with Gasteiger partial charge in [0.15, 0.2) is 0 Å². The number of fused-ring (bicyclic) bond motifs is 1. The molecule has 0 aliphatic carbocycles. The molecule has 0 aliphatic heterocycles. The van der Waals surface area contributed by atoms with Crippen molar-refractivity contribution in [1.29, 1.82) is 0 Å². The Bertz CT molecular complexity index is 831. The van der Waals surface area contributed by atoms with Gasteiger partial charge in [-0.2, -0.15) is 4.57 Å². The molecule has 0 saturated heterocycles. The molecule has 0 saturated carbocycles. The molecule has 0 amide bonds. The van der Waals surface area contributed by atoms with Crippen molar-refractivity contribution in [3.63, 3.8) is 0 Å². The predicted molar refractivity (Wildman–Crippen MR) is 67.4 cm³/mol. The third-order valence-corrected chi connectivity index (χ3v) is 2.92. The number of furan rings is 1. The fourth-order valence-corrected chi connectivity index (χ4v) is 2.02. The fraction of sp³-hybridized carbons (Fsp3) is 0. The minimum atomic E-state index is -0.587. The van der Waals surface area contributed by atoms with E-state index in [4.69, 9.17) is 16.0 Å². The molecular formula is C12H7ClN2O3. The molecule has 0 bridgehead atoms. The number of H-pyrrole nitrogens is 1. The van der Waals surface area contributed by atoms with E-state index in [1.807, 2.05) is 0 Å². The number of aromatic amines is 1. The Morgan fingerprint density at radius 1 is 1.17 bits per heavy atom. The third kappa shape index (κ3) is 1.48. The van der Waals surface area contributed by atoms with Gasteiger partial charge in [0.1, 0.15) is 0 Å². The lowest BCUT2D eigenvalue weighted by Gasteiger charge is -2.04. The normalized spacial score (nSPS) is 10.9. The number of hydrogen-bond donors (Lipinski definition) is 1. The molecule has 0 spiro atoms. The van der Waals surface area contributed by atoms with Crippen LogP contribution in [0.5, 0.6) is 0 Å². The second-order valence-corrected chi connectivity index (χ2v) is 4.09. The summed E-state index contributed by atoms with van der Waals surface area (Å²) in [5.74, 6) is 0.170. The minimum Gasteiger partial charge on any atom is -0.448 e. The maximum Gasteiger partial charge on any atom is 0.335 e. The van der Waals surface area contributed by atoms with Crippen LogP contribution in [0.15, 0.2) is 50.6 Å². The zero-order chi connectivity index (χ0) is 12.7. The van der Waals surface area contributed by atoms with E-state index in [0.717, 1.165) is 4.57 Å². The molecule has 2 aromatic heterocycles. The van der Waals surface area contributed by atoms with E-state index >= 15 is 0 Å². The Hall–Kier alpha value is -2.27. The number of aromatic nitrogens is 2. The molecule has 0 unspecified atom stereocenters. The summed E-state index contributed by atoms with van der Waals surface area (Å²) in [5, 5.41) is 0.659. The van der Waals surface area contributed by atoms with Crippen LogP contribution in [0.3, 0.4) is 0 Å². The van der Waals surface area contributed by atoms with Crippen molar-refractivity contribution in [1.82, 2.24) is 9.55 Å². The predicted octanol–water partition coefficient (Wildman–Crippen LogP) is 1.93. The SMILES string of the molecule is O=c1[nH]c2c(Cl)cccc2c(=O)n1-c1ccco1. The summed E-state index contributed by atoms with van der Waals surface area (Å²) in [6.07, 6.45) is 1.39. The highest BCUT2D eigenvalue weighted by atomic mass is 35.5. The Morgan fingerprint density at radius 2 is 2.00 bits per heavy atom. The van der Waals surface area contributed by atoms with Gasteiger partial charge in [0, 0.05) is 6.07 Å². The van der Waals surface area contributed by atoms with Crippen LogP contribution in [-0.2, 0) is 0 Å². The number of para-hydroxylation sites is 1. The van der Waals surface area contributed by atoms with E-state index in [9.17, 15) is 9.59 Å². The summed E-state index contributed by atoms with van der Waals surface area (Å²) in [6, 6.07) is 7.99. The Balaban J connectivity index is 2.50. The molecule has 3 aromatic rings. The van der Waals surface area contributed by atoms with Gasteiger partial charge in [0.2, 0.25) is 5.88 Å². The van der Waals surface area contributed by atoms with Gasteiger partial charge in [-0.1, -0.05) is 17.7 Å². The van der Waals surface area contributed by atoms with Crippen LogP contribution in [0, 0.1) is 0 Å². The van der Waals surface area contributed by atoms with Gasteiger partial charge < -0.3 is 9.40 Å². The van der Waals surface area contributed by atoms with Crippen LogP contribution in [0.4, 0.5) is 0 Å². The van der Waals surface area contributed by atoms with Gasteiger partial charge in [-0.15, -0.1) is 0 Å². The molecule has 18 heavy (non-hydrogen) atoms. The maximum atomic E-state index is 12.2. The molecule has 1 N–H and O–H groups in total. The van der Waals surface area contributed by atoms with E-state index in [-0.39, 0.29) is 5.88 Å². The fourth-order valence-electron chi connectivity index (χ4n) is 1.80. The van der Waals surface area contributed by atoms with Crippen molar-refractivity contribution in [2.24, 2.45) is 0 Å². The molecule has 3 rings (SSSR count). The van der Waals surface area contributed by atoms with Crippen molar-refractivity contribution in [2.75, 3.05) is 0 Å². The van der Waals surface area contributed by atoms with Crippen molar-refractivity contribution in [3.05, 3.63) is 62.5 Å². The molecule has 90 valence electrons. The lowest BCUT2D eigenvalue weighted by molar-refractivity contribution is 0.528. The Labute approximate surface area is 105 Å². The smallest absolute Gasteiger partial charge is 0.335 e. The van der Waals surface area contributed by atoms with Gasteiger partial charge in [-0.05, 0) is 18.2 Å². The zero-order valence-corrected chi connectivity index (χ0v) is 9.77. The van der Waals surface area contributed by atoms with Crippen molar-refractivity contribution < 1.29 is 4.42 Å². The molecule has 0 atom stereocenters. The summed E-state index contributed by atoms with van der Waals surface area (Å²) in [4.78, 5) is 26.7. The van der Waals surface area contributed by atoms with Gasteiger partial charge >= 0.3 is 5.69 Å². The van der Waals surface area contributed by atoms with Crippen LogP contribution >= 0.6 is 11.6 Å². The molecule has 1 aromatic carbocycles. The highest BCUT2D eigenvalue weighted by Gasteiger charge is 2.12. The van der Waals surface area contributed by atoms with Crippen LogP contribution < -0.4 is 11.2 Å². The number of nitrogens with zero attached hydrogens (tertiary/aromatic N) is 1. The number of rotatable bonds is 1. The second-order valence-electron chi connectivity index (χ2n) is 3.68. The summed E-state index contributed by atoms with van der Waals surface area (Å²) in [5.41, 5.74) is -0.723. The monoisotopic (exact) mass is 262 g/mol. The van der Waals surface area contributed by atoms with Crippen LogP contribution in [0.2, 0.25) is 5.02 Å². The third-order valence-electron chi connectivity index (χ3n) is 2.61. The number of benzene rings is 1. The first-order chi connectivity index (χ1) is 8.68. The Kier molecular flexibility index (Phi) is 2.34. The second kappa shape index (κ2) is 3.89. The Morgan fingerprint density at radius 3 is 2.72 bits per heavy atom. The first-order valence-electron chi connectivity index (χ1n) is 5.16. The summed E-state index contributed by atoms with van der Waals surface area (Å²) in [6.45, 7) is 0. The summed E-state index contributed by atoms with van der Waals surface area (Å²) >= 11 is 5.94. The maximum absolute atomic E-state index is 12.2. The van der Waals surface area contributed by atoms with E-state index in [1.54, 1.807) is 24.3 Å². The van der Waals surface area contributed by atoms with E-state index < -0.39 is 11.2 Å². The van der Waals surface area contributed by atoms with E-state index in [1.165, 1.54) is 12.3 Å². The molecule has 5 nitrogen and oxygen atoms in total. The van der Waals surface area contributed by atoms with Crippen molar-refractivity contribution >= 4 is 22.5 Å². The largest absolute Gasteiger partial charge is 0.448 e. The van der Waals surface area contributed by atoms with Crippen molar-refractivity contribution in [2.45, 2.75) is 0 Å². The van der Waals surface area contributed by atoms with Gasteiger partial charge in [0.05, 0.1) is 22.2 Å². The first-order valence-corrected chi connectivity index (χ1v) is 5.54. The average Bonchev–Trinajstić information content (AvgIpc) is 2.84. The molecule has 0 aliphatic rings. The summed E-state index contributed by atoms with van der Waals surface area (Å²) < 4.78 is 6.00. The highest BCUT2D eigenvalue weighted by molar-refractivity contribution is 6.34. The van der Waals surface area contributed by atoms with Gasteiger partial charge in [-0.3, -0.25) is 4.79 Å². The van der Waals surface area contributed by atoms with Crippen LogP contribution in [0.25, 0.3) is 16.8 Å². The highest BCUT2D eigenvalue weighted by Crippen LogP contribution is 2.17. The topological polar surface area (TPSA) is 68.0 Å². The zero-order valence-electron chi connectivity index (χ0n) is 9.01. The molecular weight excluding hydrogens is 256 g/mol. The lowest BCUT2D eigenvalue weighted by Crippen LogP contribution is -2.33. The van der Waals surface area contributed by atoms with Crippen molar-refractivity contribution in [3.8, 4) is 5.88 Å². The number of halogens is 1. The number of nitrogens with one attached hydrogen (secondary N) is 1. The van der Waals surface area contributed by atoms with Crippen LogP contribution in [0.1, 0.15) is 0 Å². The van der Waals surface area contributed by atoms with Crippen LogP contribution in [-0.4, -0.2) is 9.55 Å². The minimum absolute atomic E-state index is 0.170. The van der Waals surface area contributed by atoms with Gasteiger partial charge in [0.25, 0.3) is 5.56 Å². The standard InChI is InChI=1S/C12H7ClN2O3/c13-8-4-1-3-7-10(8)14-12(17)15(11(7)16)9-5-2-6-18-9/h1-6H,(H,14,17). The number of hydrogen-bond acceptors (Lipinski definition) is 3. The lowest BCUT2D eigenvalue weighted by atomic mass is 10.2. The molecule has 0 radical (unpaired) electrons. The molecule has 0 fully saturated rings. The molecule has 6 heteroatoms. The van der Waals surface area contributed by atoms with E-state index in [2.05, 4.69) is 4.98 Å². The molecule has 2 heterocycles. The quantitative estimate of drug-likeness (QED) is 0.728. The average molecular weight is 263 g/mol.